The minimum absolute atomic E-state index is 0.112. The number of halogens is 1. The highest BCUT2D eigenvalue weighted by Crippen LogP contribution is 2.17. The Kier molecular flexibility index (Phi) is 3.39. The molecule has 1 aromatic carbocycles. The SMILES string of the molecule is Cn1nc(NC(=O)CCl)nc1-c1ccccc1. The molecule has 0 atom stereocenters. The van der Waals surface area contributed by atoms with Crippen LogP contribution in [0.3, 0.4) is 0 Å². The van der Waals surface area contributed by atoms with E-state index < -0.39 is 0 Å². The normalized spacial score (nSPS) is 10.2. The number of hydrogen-bond donors (Lipinski definition) is 1. The fourth-order valence-electron chi connectivity index (χ4n) is 1.43. The Hall–Kier alpha value is -1.88. The van der Waals surface area contributed by atoms with Gasteiger partial charge in [0.15, 0.2) is 5.82 Å². The Morgan fingerprint density at radius 1 is 1.41 bits per heavy atom. The van der Waals surface area contributed by atoms with Crippen LogP contribution in [0.4, 0.5) is 5.95 Å². The van der Waals surface area contributed by atoms with Gasteiger partial charge in [-0.3, -0.25) is 10.1 Å². The van der Waals surface area contributed by atoms with Crippen molar-refractivity contribution in [2.24, 2.45) is 7.05 Å². The van der Waals surface area contributed by atoms with Gasteiger partial charge in [0.05, 0.1) is 0 Å². The highest BCUT2D eigenvalue weighted by molar-refractivity contribution is 6.28. The Labute approximate surface area is 103 Å². The first-order valence-corrected chi connectivity index (χ1v) is 5.56. The number of anilines is 1. The first kappa shape index (κ1) is 11.6. The van der Waals surface area contributed by atoms with Crippen LogP contribution in [-0.2, 0) is 11.8 Å². The second-order valence-corrected chi connectivity index (χ2v) is 3.70. The summed E-state index contributed by atoms with van der Waals surface area (Å²) in [4.78, 5) is 15.3. The molecule has 1 heterocycles. The number of nitrogens with one attached hydrogen (secondary N) is 1. The molecule has 0 aliphatic heterocycles. The summed E-state index contributed by atoms with van der Waals surface area (Å²) >= 11 is 5.39. The first-order chi connectivity index (χ1) is 8.20. The molecule has 0 fully saturated rings. The Bertz CT molecular complexity index is 524. The van der Waals surface area contributed by atoms with Crippen LogP contribution in [0.5, 0.6) is 0 Å². The van der Waals surface area contributed by atoms with Crippen LogP contribution >= 0.6 is 11.6 Å². The van der Waals surface area contributed by atoms with Gasteiger partial charge in [-0.05, 0) is 0 Å². The van der Waals surface area contributed by atoms with E-state index in [0.29, 0.717) is 5.82 Å². The number of nitrogens with zero attached hydrogens (tertiary/aromatic N) is 3. The minimum Gasteiger partial charge on any atom is -0.292 e. The largest absolute Gasteiger partial charge is 0.292 e. The number of carbonyl (C=O) groups excluding carboxylic acids is 1. The van der Waals surface area contributed by atoms with Gasteiger partial charge in [0.1, 0.15) is 5.88 Å². The van der Waals surface area contributed by atoms with Crippen LogP contribution in [0.2, 0.25) is 0 Å². The van der Waals surface area contributed by atoms with Gasteiger partial charge in [-0.15, -0.1) is 16.7 Å². The molecule has 1 N–H and O–H groups in total. The fraction of sp³-hybridized carbons (Fsp3) is 0.182. The summed E-state index contributed by atoms with van der Waals surface area (Å²) in [6, 6.07) is 9.62. The molecule has 2 rings (SSSR count). The maximum Gasteiger partial charge on any atom is 0.249 e. The second kappa shape index (κ2) is 4.97. The number of amides is 1. The van der Waals surface area contributed by atoms with Crippen LogP contribution in [0.1, 0.15) is 0 Å². The van der Waals surface area contributed by atoms with Crippen molar-refractivity contribution in [3.05, 3.63) is 30.3 Å². The summed E-state index contributed by atoms with van der Waals surface area (Å²) in [5.74, 6) is 0.517. The van der Waals surface area contributed by atoms with Crippen LogP contribution in [-0.4, -0.2) is 26.6 Å². The third kappa shape index (κ3) is 2.62. The zero-order chi connectivity index (χ0) is 12.3. The van der Waals surface area contributed by atoms with E-state index in [2.05, 4.69) is 15.4 Å². The number of alkyl halides is 1. The van der Waals surface area contributed by atoms with Gasteiger partial charge in [-0.2, -0.15) is 4.98 Å². The molecule has 17 heavy (non-hydrogen) atoms. The summed E-state index contributed by atoms with van der Waals surface area (Å²) in [7, 11) is 1.77. The number of hydrogen-bond acceptors (Lipinski definition) is 3. The number of aryl methyl sites for hydroxylation is 1. The van der Waals surface area contributed by atoms with Gasteiger partial charge < -0.3 is 0 Å². The second-order valence-electron chi connectivity index (χ2n) is 3.43. The monoisotopic (exact) mass is 250 g/mol. The van der Waals surface area contributed by atoms with Gasteiger partial charge in [0, 0.05) is 12.6 Å². The van der Waals surface area contributed by atoms with E-state index in [1.807, 2.05) is 30.3 Å². The third-order valence-corrected chi connectivity index (χ3v) is 2.41. The van der Waals surface area contributed by atoms with Gasteiger partial charge in [0.25, 0.3) is 0 Å². The number of aromatic nitrogens is 3. The Balaban J connectivity index is 2.28. The standard InChI is InChI=1S/C11H11ClN4O/c1-16-10(8-5-3-2-4-6-8)14-11(15-16)13-9(17)7-12/h2-6H,7H2,1H3,(H,13,15,17). The van der Waals surface area contributed by atoms with Crippen molar-refractivity contribution in [2.75, 3.05) is 11.2 Å². The van der Waals surface area contributed by atoms with Crippen molar-refractivity contribution in [1.82, 2.24) is 14.8 Å². The highest BCUT2D eigenvalue weighted by atomic mass is 35.5. The summed E-state index contributed by atoms with van der Waals surface area (Å²) in [5.41, 5.74) is 0.939. The topological polar surface area (TPSA) is 59.8 Å². The summed E-state index contributed by atoms with van der Waals surface area (Å²) in [6.07, 6.45) is 0. The van der Waals surface area contributed by atoms with E-state index in [-0.39, 0.29) is 17.7 Å². The minimum atomic E-state index is -0.322. The third-order valence-electron chi connectivity index (χ3n) is 2.17. The summed E-state index contributed by atoms with van der Waals surface area (Å²) in [6.45, 7) is 0. The van der Waals surface area contributed by atoms with Gasteiger partial charge in [-0.1, -0.05) is 30.3 Å². The molecule has 1 aromatic heterocycles. The number of benzene rings is 1. The van der Waals surface area contributed by atoms with Gasteiger partial charge in [0.2, 0.25) is 11.9 Å². The fourth-order valence-corrected chi connectivity index (χ4v) is 1.50. The lowest BCUT2D eigenvalue weighted by atomic mass is 10.2. The molecular weight excluding hydrogens is 240 g/mol. The predicted octanol–water partition coefficient (Wildman–Crippen LogP) is 1.66. The molecule has 1 amide bonds. The predicted molar refractivity (Wildman–Crippen MR) is 65.8 cm³/mol. The van der Waals surface area contributed by atoms with E-state index in [1.54, 1.807) is 11.7 Å². The average molecular weight is 251 g/mol. The Morgan fingerprint density at radius 2 is 2.12 bits per heavy atom. The molecule has 0 bridgehead atoms. The summed E-state index contributed by atoms with van der Waals surface area (Å²) in [5, 5.41) is 6.60. The summed E-state index contributed by atoms with van der Waals surface area (Å²) < 4.78 is 1.61. The van der Waals surface area contributed by atoms with E-state index >= 15 is 0 Å². The molecule has 0 unspecified atom stereocenters. The molecule has 2 aromatic rings. The molecule has 0 saturated carbocycles. The van der Waals surface area contributed by atoms with Crippen molar-refractivity contribution in [3.8, 4) is 11.4 Å². The van der Waals surface area contributed by atoms with E-state index in [9.17, 15) is 4.79 Å². The molecule has 0 aliphatic rings. The lowest BCUT2D eigenvalue weighted by Crippen LogP contribution is -2.13. The van der Waals surface area contributed by atoms with Crippen LogP contribution in [0, 0.1) is 0 Å². The maximum atomic E-state index is 11.1. The van der Waals surface area contributed by atoms with Gasteiger partial charge in [-0.25, -0.2) is 4.68 Å². The highest BCUT2D eigenvalue weighted by Gasteiger charge is 2.10. The molecule has 6 heteroatoms. The zero-order valence-electron chi connectivity index (χ0n) is 9.22. The van der Waals surface area contributed by atoms with Crippen LogP contribution in [0.15, 0.2) is 30.3 Å². The smallest absolute Gasteiger partial charge is 0.249 e. The molecule has 0 saturated heterocycles. The quantitative estimate of drug-likeness (QED) is 0.843. The van der Waals surface area contributed by atoms with E-state index in [0.717, 1.165) is 5.56 Å². The van der Waals surface area contributed by atoms with Crippen molar-refractivity contribution in [2.45, 2.75) is 0 Å². The van der Waals surface area contributed by atoms with E-state index in [1.165, 1.54) is 0 Å². The zero-order valence-corrected chi connectivity index (χ0v) is 9.98. The van der Waals surface area contributed by atoms with Gasteiger partial charge >= 0.3 is 0 Å². The molecule has 0 aliphatic carbocycles. The Morgan fingerprint density at radius 3 is 2.76 bits per heavy atom. The molecular formula is C11H11ClN4O. The van der Waals surface area contributed by atoms with Crippen molar-refractivity contribution >= 4 is 23.5 Å². The maximum absolute atomic E-state index is 11.1. The lowest BCUT2D eigenvalue weighted by molar-refractivity contribution is -0.114. The van der Waals surface area contributed by atoms with Crippen molar-refractivity contribution in [3.63, 3.8) is 0 Å². The number of carbonyl (C=O) groups is 1. The number of rotatable bonds is 3. The van der Waals surface area contributed by atoms with Crippen molar-refractivity contribution in [1.29, 1.82) is 0 Å². The molecule has 0 radical (unpaired) electrons. The first-order valence-electron chi connectivity index (χ1n) is 5.03. The lowest BCUT2D eigenvalue weighted by Gasteiger charge is -1.97. The van der Waals surface area contributed by atoms with Crippen LogP contribution in [0.25, 0.3) is 11.4 Å². The van der Waals surface area contributed by atoms with E-state index in [4.69, 9.17) is 11.6 Å². The molecule has 88 valence electrons. The molecule has 5 nitrogen and oxygen atoms in total. The average Bonchev–Trinajstić information content (AvgIpc) is 2.71. The molecule has 0 spiro atoms. The van der Waals surface area contributed by atoms with Crippen molar-refractivity contribution < 1.29 is 4.79 Å². The van der Waals surface area contributed by atoms with Crippen LogP contribution < -0.4 is 5.32 Å².